The summed E-state index contributed by atoms with van der Waals surface area (Å²) in [5.41, 5.74) is 0. The molecule has 0 spiro atoms. The fourth-order valence-electron chi connectivity index (χ4n) is 0.341. The summed E-state index contributed by atoms with van der Waals surface area (Å²) in [4.78, 5) is 0. The highest BCUT2D eigenvalue weighted by molar-refractivity contribution is 4.80. The highest BCUT2D eigenvalue weighted by Crippen LogP contribution is 1.95. The molecule has 2 heteroatoms. The van der Waals surface area contributed by atoms with Crippen molar-refractivity contribution in [1.82, 2.24) is 0 Å². The molecule has 1 unspecified atom stereocenters. The Morgan fingerprint density at radius 3 is 2.29 bits per heavy atom. The highest BCUT2D eigenvalue weighted by Gasteiger charge is 1.94. The molecule has 2 N–H and O–H groups in total. The second-order valence-electron chi connectivity index (χ2n) is 1.62. The summed E-state index contributed by atoms with van der Waals surface area (Å²) in [5.74, 6) is 0.0370. The van der Waals surface area contributed by atoms with Gasteiger partial charge in [-0.2, -0.15) is 0 Å². The van der Waals surface area contributed by atoms with Gasteiger partial charge in [0.2, 0.25) is 0 Å². The summed E-state index contributed by atoms with van der Waals surface area (Å²) in [6.07, 6.45) is -0.197. The van der Waals surface area contributed by atoms with Gasteiger partial charge in [0, 0.05) is 6.42 Å². The van der Waals surface area contributed by atoms with Crippen molar-refractivity contribution in [3.05, 3.63) is 12.3 Å². The van der Waals surface area contributed by atoms with Crippen LogP contribution in [0.3, 0.4) is 0 Å². The zero-order chi connectivity index (χ0) is 5.86. The summed E-state index contributed by atoms with van der Waals surface area (Å²) in [5, 5.41) is 16.9. The van der Waals surface area contributed by atoms with Crippen molar-refractivity contribution in [2.45, 2.75) is 19.4 Å². The maximum Gasteiger partial charge on any atom is 0.0876 e. The van der Waals surface area contributed by atoms with Gasteiger partial charge < -0.3 is 10.2 Å². The Hall–Kier alpha value is -0.500. The first-order valence-electron chi connectivity index (χ1n) is 2.17. The monoisotopic (exact) mass is 102 g/mol. The first kappa shape index (κ1) is 6.50. The van der Waals surface area contributed by atoms with Gasteiger partial charge in [-0.3, -0.25) is 0 Å². The molecule has 0 fully saturated rings. The molecule has 0 aromatic carbocycles. The van der Waals surface area contributed by atoms with Crippen LogP contribution in [0, 0.1) is 0 Å². The van der Waals surface area contributed by atoms with Crippen LogP contribution in [0.2, 0.25) is 0 Å². The van der Waals surface area contributed by atoms with Crippen LogP contribution in [0.1, 0.15) is 13.3 Å². The number of aliphatic hydroxyl groups is 2. The molecule has 0 saturated heterocycles. The zero-order valence-corrected chi connectivity index (χ0v) is 4.39. The van der Waals surface area contributed by atoms with Crippen molar-refractivity contribution in [3.63, 3.8) is 0 Å². The number of hydrogen-bond donors (Lipinski definition) is 2. The van der Waals surface area contributed by atoms with Crippen LogP contribution in [0.15, 0.2) is 12.3 Å². The summed E-state index contributed by atoms with van der Waals surface area (Å²) in [6, 6.07) is 0. The fourth-order valence-corrected chi connectivity index (χ4v) is 0.341. The summed E-state index contributed by atoms with van der Waals surface area (Å²) in [6.45, 7) is 4.79. The van der Waals surface area contributed by atoms with Crippen LogP contribution in [0.5, 0.6) is 0 Å². The van der Waals surface area contributed by atoms with Crippen molar-refractivity contribution in [2.75, 3.05) is 0 Å². The van der Waals surface area contributed by atoms with Crippen LogP contribution >= 0.6 is 0 Å². The minimum atomic E-state index is -0.475. The quantitative estimate of drug-likeness (QED) is 0.507. The Bertz CT molecular complexity index is 66.5. The van der Waals surface area contributed by atoms with E-state index in [9.17, 15) is 0 Å². The van der Waals surface area contributed by atoms with E-state index in [1.807, 2.05) is 0 Å². The molecule has 0 saturated carbocycles. The minimum Gasteiger partial charge on any atom is -0.513 e. The van der Waals surface area contributed by atoms with Gasteiger partial charge in [0.15, 0.2) is 0 Å². The maximum atomic E-state index is 8.50. The van der Waals surface area contributed by atoms with E-state index in [1.165, 1.54) is 0 Å². The van der Waals surface area contributed by atoms with Gasteiger partial charge in [-0.1, -0.05) is 6.58 Å². The predicted octanol–water partition coefficient (Wildman–Crippen LogP) is 0.829. The SMILES string of the molecule is C=C(O)CC(C)O. The second-order valence-corrected chi connectivity index (χ2v) is 1.62. The molecular weight excluding hydrogens is 92.1 g/mol. The van der Waals surface area contributed by atoms with Crippen molar-refractivity contribution >= 4 is 0 Å². The van der Waals surface area contributed by atoms with Crippen molar-refractivity contribution in [3.8, 4) is 0 Å². The van der Waals surface area contributed by atoms with Crippen molar-refractivity contribution in [2.24, 2.45) is 0 Å². The first-order valence-corrected chi connectivity index (χ1v) is 2.17. The number of rotatable bonds is 2. The van der Waals surface area contributed by atoms with Gasteiger partial charge >= 0.3 is 0 Å². The topological polar surface area (TPSA) is 40.5 Å². The lowest BCUT2D eigenvalue weighted by Gasteiger charge is -1.98. The van der Waals surface area contributed by atoms with E-state index in [4.69, 9.17) is 10.2 Å². The maximum absolute atomic E-state index is 8.50. The van der Waals surface area contributed by atoms with E-state index in [0.29, 0.717) is 0 Å². The van der Waals surface area contributed by atoms with Gasteiger partial charge in [0.05, 0.1) is 11.9 Å². The summed E-state index contributed by atoms with van der Waals surface area (Å²) < 4.78 is 0. The Morgan fingerprint density at radius 2 is 2.29 bits per heavy atom. The summed E-state index contributed by atoms with van der Waals surface area (Å²) in [7, 11) is 0. The molecule has 0 aromatic rings. The van der Waals surface area contributed by atoms with Crippen LogP contribution in [-0.4, -0.2) is 16.3 Å². The Labute approximate surface area is 43.1 Å². The molecule has 0 radical (unpaired) electrons. The molecule has 0 aliphatic carbocycles. The third-order valence-corrected chi connectivity index (χ3v) is 0.531. The average molecular weight is 102 g/mol. The molecular formula is C5H10O2. The third-order valence-electron chi connectivity index (χ3n) is 0.531. The molecule has 7 heavy (non-hydrogen) atoms. The molecule has 2 nitrogen and oxygen atoms in total. The number of hydrogen-bond acceptors (Lipinski definition) is 2. The third kappa shape index (κ3) is 5.50. The largest absolute Gasteiger partial charge is 0.513 e. The van der Waals surface area contributed by atoms with Crippen molar-refractivity contribution < 1.29 is 10.2 Å². The molecule has 42 valence electrons. The average Bonchev–Trinajstić information content (AvgIpc) is 1.27. The first-order chi connectivity index (χ1) is 3.13. The predicted molar refractivity (Wildman–Crippen MR) is 28.1 cm³/mol. The normalized spacial score (nSPS) is 13.4. The molecule has 0 bridgehead atoms. The smallest absolute Gasteiger partial charge is 0.0876 e. The van der Waals surface area contributed by atoms with Crippen LogP contribution in [-0.2, 0) is 0 Å². The van der Waals surface area contributed by atoms with Gasteiger partial charge in [0.25, 0.3) is 0 Å². The van der Waals surface area contributed by atoms with E-state index in [2.05, 4.69) is 6.58 Å². The fraction of sp³-hybridized carbons (Fsp3) is 0.600. The van der Waals surface area contributed by atoms with Gasteiger partial charge in [-0.25, -0.2) is 0 Å². The minimum absolute atomic E-state index is 0.0370. The molecule has 1 atom stereocenters. The van der Waals surface area contributed by atoms with Crippen LogP contribution < -0.4 is 0 Å². The van der Waals surface area contributed by atoms with E-state index in [0.717, 1.165) is 0 Å². The van der Waals surface area contributed by atoms with Gasteiger partial charge in [-0.05, 0) is 6.92 Å². The molecule has 0 aliphatic rings. The summed E-state index contributed by atoms with van der Waals surface area (Å²) >= 11 is 0. The van der Waals surface area contributed by atoms with Gasteiger partial charge in [-0.15, -0.1) is 0 Å². The Morgan fingerprint density at radius 1 is 1.86 bits per heavy atom. The molecule has 0 heterocycles. The van der Waals surface area contributed by atoms with E-state index in [-0.39, 0.29) is 12.2 Å². The zero-order valence-electron chi connectivity index (χ0n) is 4.39. The van der Waals surface area contributed by atoms with Crippen molar-refractivity contribution in [1.29, 1.82) is 0 Å². The van der Waals surface area contributed by atoms with E-state index < -0.39 is 6.10 Å². The standard InChI is InChI=1S/C5H10O2/c1-4(6)3-5(2)7/h5-7H,1,3H2,2H3. The lowest BCUT2D eigenvalue weighted by atomic mass is 10.3. The second kappa shape index (κ2) is 2.64. The Balaban J connectivity index is 3.13. The molecule has 0 aromatic heterocycles. The van der Waals surface area contributed by atoms with E-state index in [1.54, 1.807) is 6.92 Å². The lowest BCUT2D eigenvalue weighted by molar-refractivity contribution is 0.177. The van der Waals surface area contributed by atoms with Crippen LogP contribution in [0.25, 0.3) is 0 Å². The molecule has 0 amide bonds. The highest BCUT2D eigenvalue weighted by atomic mass is 16.3. The lowest BCUT2D eigenvalue weighted by Crippen LogP contribution is -1.99. The van der Waals surface area contributed by atoms with Gasteiger partial charge in [0.1, 0.15) is 0 Å². The molecule has 0 rings (SSSR count). The molecule has 0 aliphatic heterocycles. The number of aliphatic hydroxyl groups excluding tert-OH is 2. The van der Waals surface area contributed by atoms with Crippen LogP contribution in [0.4, 0.5) is 0 Å². The van der Waals surface area contributed by atoms with E-state index >= 15 is 0 Å². The Kier molecular flexibility index (Phi) is 2.45.